The van der Waals surface area contributed by atoms with Crippen LogP contribution >= 0.6 is 11.8 Å². The van der Waals surface area contributed by atoms with E-state index in [1.54, 1.807) is 7.05 Å². The first-order valence-corrected chi connectivity index (χ1v) is 6.38. The van der Waals surface area contributed by atoms with Gasteiger partial charge in [-0.15, -0.1) is 11.8 Å². The number of nitro groups is 3. The summed E-state index contributed by atoms with van der Waals surface area (Å²) in [6.45, 7) is 0.607. The van der Waals surface area contributed by atoms with Crippen LogP contribution in [0.15, 0.2) is 17.0 Å². The van der Waals surface area contributed by atoms with Gasteiger partial charge in [0.15, 0.2) is 4.90 Å². The second kappa shape index (κ2) is 6.77. The Bertz CT molecular complexity index is 528. The summed E-state index contributed by atoms with van der Waals surface area (Å²) in [7, 11) is 1.79. The van der Waals surface area contributed by atoms with Gasteiger partial charge >= 0.3 is 0 Å². The molecule has 0 aliphatic heterocycles. The molecule has 108 valence electrons. The van der Waals surface area contributed by atoms with Crippen molar-refractivity contribution in [2.24, 2.45) is 0 Å². The molecule has 1 aromatic rings. The molecule has 0 saturated heterocycles. The van der Waals surface area contributed by atoms with E-state index >= 15 is 0 Å². The monoisotopic (exact) mass is 303 g/mol. The predicted molar refractivity (Wildman–Crippen MR) is 69.8 cm³/mol. The Labute approximate surface area is 116 Å². The van der Waals surface area contributed by atoms with Gasteiger partial charge < -0.3 is 5.32 Å². The van der Waals surface area contributed by atoms with Gasteiger partial charge in [0.25, 0.3) is 17.1 Å². The minimum absolute atomic E-state index is 0.160. The average Bonchev–Trinajstić information content (AvgIpc) is 2.37. The largest absolute Gasteiger partial charge is 0.348 e. The van der Waals surface area contributed by atoms with Crippen LogP contribution in [0.5, 0.6) is 0 Å². The molecule has 0 aliphatic carbocycles. The van der Waals surface area contributed by atoms with Gasteiger partial charge in [-0.25, -0.2) is 0 Å². The van der Waals surface area contributed by atoms with Crippen LogP contribution in [0.1, 0.15) is 0 Å². The third kappa shape index (κ3) is 3.61. The fraction of sp³-hybridized carbons (Fsp3) is 0.333. The maximum absolute atomic E-state index is 10.9. The van der Waals surface area contributed by atoms with Crippen LogP contribution in [0.3, 0.4) is 0 Å². The number of non-ortho nitro benzene ring substituents is 1. The fourth-order valence-electron chi connectivity index (χ4n) is 1.39. The fourth-order valence-corrected chi connectivity index (χ4v) is 2.51. The van der Waals surface area contributed by atoms with Gasteiger partial charge in [-0.05, 0) is 0 Å². The number of benzene rings is 1. The second-order valence-corrected chi connectivity index (χ2v) is 4.74. The Kier molecular flexibility index (Phi) is 5.34. The van der Waals surface area contributed by atoms with Crippen molar-refractivity contribution in [1.29, 1.82) is 0 Å². The summed E-state index contributed by atoms with van der Waals surface area (Å²) >= 11 is 0.938. The van der Waals surface area contributed by atoms with Crippen molar-refractivity contribution in [2.75, 3.05) is 19.3 Å². The lowest BCUT2D eigenvalue weighted by molar-refractivity contribution is -0.622. The van der Waals surface area contributed by atoms with E-state index in [1.807, 2.05) is 5.32 Å². The summed E-state index contributed by atoms with van der Waals surface area (Å²) in [4.78, 5) is 29.8. The highest BCUT2D eigenvalue weighted by Gasteiger charge is 2.30. The van der Waals surface area contributed by atoms with Crippen molar-refractivity contribution in [1.82, 2.24) is 0 Å². The zero-order valence-electron chi connectivity index (χ0n) is 10.3. The topological polar surface area (TPSA) is 146 Å². The lowest BCUT2D eigenvalue weighted by atomic mass is 10.2. The van der Waals surface area contributed by atoms with Gasteiger partial charge in [-0.1, -0.05) is 0 Å². The SMILES string of the molecule is C[NH2+]CCSc1c([N+](=O)[O-])cc([N+](=O)[O-])cc1[N+](=O)[O-]. The number of quaternary nitrogens is 1. The highest BCUT2D eigenvalue weighted by molar-refractivity contribution is 7.99. The molecule has 2 N–H and O–H groups in total. The van der Waals surface area contributed by atoms with Crippen LogP contribution in [0, 0.1) is 30.3 Å². The van der Waals surface area contributed by atoms with E-state index < -0.39 is 31.8 Å². The molecule has 0 bridgehead atoms. The van der Waals surface area contributed by atoms with Gasteiger partial charge in [-0.2, -0.15) is 0 Å². The van der Waals surface area contributed by atoms with Crippen LogP contribution in [0.2, 0.25) is 0 Å². The molecule has 0 atom stereocenters. The van der Waals surface area contributed by atoms with E-state index in [9.17, 15) is 30.3 Å². The van der Waals surface area contributed by atoms with E-state index in [-0.39, 0.29) is 4.90 Å². The Morgan fingerprint density at radius 2 is 1.55 bits per heavy atom. The lowest BCUT2D eigenvalue weighted by Gasteiger charge is -2.03. The Balaban J connectivity index is 3.39. The summed E-state index contributed by atoms with van der Waals surface area (Å²) in [5.41, 5.74) is -1.91. The Hall–Kier alpha value is -2.27. The standard InChI is InChI=1S/C9H10N4O6S/c1-10-2-3-20-9-7(12(16)17)4-6(11(14)15)5-8(9)13(18)19/h4-5,10H,2-3H2,1H3/p+1. The zero-order chi connectivity index (χ0) is 15.3. The van der Waals surface area contributed by atoms with Gasteiger partial charge in [0, 0.05) is 5.75 Å². The molecule has 0 heterocycles. The van der Waals surface area contributed by atoms with Crippen LogP contribution in [-0.4, -0.2) is 34.1 Å². The number of nitro benzene ring substituents is 3. The molecule has 20 heavy (non-hydrogen) atoms. The maximum Gasteiger partial charge on any atom is 0.296 e. The second-order valence-electron chi connectivity index (χ2n) is 3.63. The first-order valence-electron chi connectivity index (χ1n) is 5.40. The van der Waals surface area contributed by atoms with Crippen LogP contribution in [0.25, 0.3) is 0 Å². The third-order valence-electron chi connectivity index (χ3n) is 2.29. The average molecular weight is 303 g/mol. The van der Waals surface area contributed by atoms with Crippen molar-refractivity contribution in [3.63, 3.8) is 0 Å². The molecule has 0 aromatic heterocycles. The first kappa shape index (κ1) is 15.8. The summed E-state index contributed by atoms with van der Waals surface area (Å²) in [5.74, 6) is 0.413. The first-order chi connectivity index (χ1) is 9.38. The Morgan fingerprint density at radius 1 is 1.05 bits per heavy atom. The number of hydrogen-bond acceptors (Lipinski definition) is 7. The minimum atomic E-state index is -0.895. The van der Waals surface area contributed by atoms with Gasteiger partial charge in [0.2, 0.25) is 0 Å². The van der Waals surface area contributed by atoms with E-state index in [2.05, 4.69) is 0 Å². The maximum atomic E-state index is 10.9. The Morgan fingerprint density at radius 3 is 1.90 bits per heavy atom. The molecule has 0 fully saturated rings. The summed E-state index contributed by atoms with van der Waals surface area (Å²) in [6.07, 6.45) is 0. The molecule has 1 rings (SSSR count). The molecular formula is C9H11N4O6S+. The molecule has 1 aromatic carbocycles. The molecule has 0 amide bonds. The molecule has 11 heteroatoms. The van der Waals surface area contributed by atoms with Crippen LogP contribution in [0.4, 0.5) is 17.1 Å². The highest BCUT2D eigenvalue weighted by atomic mass is 32.2. The van der Waals surface area contributed by atoms with Gasteiger partial charge in [0.1, 0.15) is 0 Å². The van der Waals surface area contributed by atoms with Crippen molar-refractivity contribution in [3.05, 3.63) is 42.5 Å². The number of thioether (sulfide) groups is 1. The minimum Gasteiger partial charge on any atom is -0.348 e. The van der Waals surface area contributed by atoms with Crippen molar-refractivity contribution >= 4 is 28.8 Å². The molecule has 0 saturated carbocycles. The van der Waals surface area contributed by atoms with E-state index in [1.165, 1.54) is 0 Å². The normalized spacial score (nSPS) is 10.2. The zero-order valence-corrected chi connectivity index (χ0v) is 11.2. The number of nitrogens with two attached hydrogens (primary N) is 1. The molecule has 0 unspecified atom stereocenters. The third-order valence-corrected chi connectivity index (χ3v) is 3.44. The molecular weight excluding hydrogens is 292 g/mol. The molecule has 0 radical (unpaired) electrons. The highest BCUT2D eigenvalue weighted by Crippen LogP contribution is 2.40. The number of hydrogen-bond donors (Lipinski definition) is 1. The smallest absolute Gasteiger partial charge is 0.296 e. The quantitative estimate of drug-likeness (QED) is 0.337. The van der Waals surface area contributed by atoms with E-state index in [4.69, 9.17) is 0 Å². The number of rotatable bonds is 7. The van der Waals surface area contributed by atoms with Gasteiger partial charge in [0.05, 0.1) is 40.5 Å². The van der Waals surface area contributed by atoms with E-state index in [0.717, 1.165) is 23.9 Å². The van der Waals surface area contributed by atoms with Crippen LogP contribution < -0.4 is 5.32 Å². The molecule has 0 spiro atoms. The van der Waals surface area contributed by atoms with Gasteiger partial charge in [-0.3, -0.25) is 30.3 Å². The molecule has 0 aliphatic rings. The van der Waals surface area contributed by atoms with Crippen molar-refractivity contribution in [3.8, 4) is 0 Å². The summed E-state index contributed by atoms with van der Waals surface area (Å²) in [5, 5.41) is 34.4. The predicted octanol–water partition coefficient (Wildman–Crippen LogP) is 0.697. The van der Waals surface area contributed by atoms with Crippen molar-refractivity contribution in [2.45, 2.75) is 4.90 Å². The lowest BCUT2D eigenvalue weighted by Crippen LogP contribution is -2.80. The van der Waals surface area contributed by atoms with Crippen molar-refractivity contribution < 1.29 is 20.1 Å². The summed E-state index contributed by atoms with van der Waals surface area (Å²) < 4.78 is 0. The summed E-state index contributed by atoms with van der Waals surface area (Å²) in [6, 6.07) is 1.48. The van der Waals surface area contributed by atoms with E-state index in [0.29, 0.717) is 12.3 Å². The molecule has 10 nitrogen and oxygen atoms in total. The number of nitrogens with zero attached hydrogens (tertiary/aromatic N) is 3. The van der Waals surface area contributed by atoms with Crippen LogP contribution in [-0.2, 0) is 0 Å².